The van der Waals surface area contributed by atoms with Gasteiger partial charge in [-0.15, -0.1) is 0 Å². The van der Waals surface area contributed by atoms with Crippen molar-refractivity contribution in [3.05, 3.63) is 71.3 Å². The number of carbonyl (C=O) groups is 3. The topological polar surface area (TPSA) is 69.7 Å². The summed E-state index contributed by atoms with van der Waals surface area (Å²) in [4.78, 5) is 39.1. The fraction of sp³-hybridized carbons (Fsp3) is 0.400. The highest BCUT2D eigenvalue weighted by Crippen LogP contribution is 2.47. The summed E-state index contributed by atoms with van der Waals surface area (Å²) in [6.07, 6.45) is 0.875. The molecular weight excluding hydrogens is 380 g/mol. The van der Waals surface area contributed by atoms with Gasteiger partial charge in [0.15, 0.2) is 11.7 Å². The third-order valence-electron chi connectivity index (χ3n) is 5.77. The lowest BCUT2D eigenvalue weighted by Crippen LogP contribution is -2.41. The molecule has 30 heavy (non-hydrogen) atoms. The summed E-state index contributed by atoms with van der Waals surface area (Å²) >= 11 is 0. The zero-order valence-electron chi connectivity index (χ0n) is 17.9. The van der Waals surface area contributed by atoms with Crippen molar-refractivity contribution in [3.63, 3.8) is 0 Å². The maximum absolute atomic E-state index is 13.7. The predicted octanol–water partition coefficient (Wildman–Crippen LogP) is 4.35. The van der Waals surface area contributed by atoms with Gasteiger partial charge in [0.25, 0.3) is 0 Å². The highest BCUT2D eigenvalue weighted by molar-refractivity contribution is 6.04. The fourth-order valence-corrected chi connectivity index (χ4v) is 4.27. The maximum atomic E-state index is 13.7. The monoisotopic (exact) mass is 408 g/mol. The first kappa shape index (κ1) is 21.8. The minimum Gasteiger partial charge on any atom is -0.465 e. The van der Waals surface area contributed by atoms with Crippen LogP contribution in [0.3, 0.4) is 0 Å². The average Bonchev–Trinajstić information content (AvgIpc) is 2.97. The van der Waals surface area contributed by atoms with E-state index in [2.05, 4.69) is 6.92 Å². The van der Waals surface area contributed by atoms with Crippen molar-refractivity contribution in [2.24, 2.45) is 11.8 Å². The Hall–Kier alpha value is -2.95. The Bertz CT molecular complexity index is 914. The van der Waals surface area contributed by atoms with Gasteiger partial charge in [0.2, 0.25) is 0 Å². The third-order valence-corrected chi connectivity index (χ3v) is 5.77. The Morgan fingerprint density at radius 2 is 1.67 bits per heavy atom. The van der Waals surface area contributed by atoms with E-state index >= 15 is 0 Å². The molecule has 1 heterocycles. The number of hydrogen-bond donors (Lipinski definition) is 0. The number of benzene rings is 2. The van der Waals surface area contributed by atoms with Crippen LogP contribution in [0.5, 0.6) is 0 Å². The molecule has 5 heteroatoms. The second-order valence-electron chi connectivity index (χ2n) is 8.08. The Labute approximate surface area is 177 Å². The highest BCUT2D eigenvalue weighted by Gasteiger charge is 2.58. The van der Waals surface area contributed by atoms with Crippen LogP contribution in [-0.4, -0.2) is 29.9 Å². The van der Waals surface area contributed by atoms with Gasteiger partial charge in [-0.05, 0) is 38.3 Å². The zero-order chi connectivity index (χ0) is 21.9. The summed E-state index contributed by atoms with van der Waals surface area (Å²) in [5, 5.41) is 0. The lowest BCUT2D eigenvalue weighted by atomic mass is 9.69. The second-order valence-corrected chi connectivity index (χ2v) is 8.08. The molecule has 0 spiro atoms. The van der Waals surface area contributed by atoms with Gasteiger partial charge in [0, 0.05) is 11.5 Å². The molecular formula is C25H28O5. The minimum atomic E-state index is -1.15. The molecule has 0 N–H and O–H groups in total. The molecule has 2 aromatic rings. The van der Waals surface area contributed by atoms with Crippen LogP contribution in [0.15, 0.2) is 54.6 Å². The summed E-state index contributed by atoms with van der Waals surface area (Å²) in [7, 11) is 0. The van der Waals surface area contributed by atoms with Gasteiger partial charge in [-0.2, -0.15) is 0 Å². The summed E-state index contributed by atoms with van der Waals surface area (Å²) < 4.78 is 10.7. The van der Waals surface area contributed by atoms with E-state index in [9.17, 15) is 14.4 Å². The molecule has 3 rings (SSSR count). The molecule has 0 unspecified atom stereocenters. The van der Waals surface area contributed by atoms with E-state index in [0.717, 1.165) is 17.5 Å². The van der Waals surface area contributed by atoms with Crippen LogP contribution < -0.4 is 0 Å². The Morgan fingerprint density at radius 3 is 2.23 bits per heavy atom. The molecule has 0 saturated carbocycles. The van der Waals surface area contributed by atoms with Crippen molar-refractivity contribution >= 4 is 17.7 Å². The van der Waals surface area contributed by atoms with Gasteiger partial charge in [0.1, 0.15) is 5.60 Å². The highest BCUT2D eigenvalue weighted by atomic mass is 16.6. The molecule has 1 aliphatic rings. The molecule has 0 amide bonds. The smallest absolute Gasteiger partial charge is 0.321 e. The predicted molar refractivity (Wildman–Crippen MR) is 113 cm³/mol. The van der Waals surface area contributed by atoms with Crippen LogP contribution in [-0.2, 0) is 25.5 Å². The molecule has 1 aliphatic heterocycles. The van der Waals surface area contributed by atoms with Gasteiger partial charge < -0.3 is 9.47 Å². The van der Waals surface area contributed by atoms with Crippen molar-refractivity contribution < 1.29 is 23.9 Å². The van der Waals surface area contributed by atoms with Crippen molar-refractivity contribution in [3.8, 4) is 0 Å². The normalized spacial score (nSPS) is 21.0. The van der Waals surface area contributed by atoms with Crippen LogP contribution in [0.4, 0.5) is 0 Å². The number of rotatable bonds is 7. The third kappa shape index (κ3) is 4.16. The molecule has 1 fully saturated rings. The molecule has 2 aromatic carbocycles. The number of ketones is 1. The van der Waals surface area contributed by atoms with Gasteiger partial charge in [0.05, 0.1) is 12.5 Å². The molecule has 0 aliphatic carbocycles. The van der Waals surface area contributed by atoms with Crippen LogP contribution in [0.1, 0.15) is 55.1 Å². The van der Waals surface area contributed by atoms with Crippen LogP contribution in [0, 0.1) is 11.8 Å². The number of hydrogen-bond acceptors (Lipinski definition) is 5. The van der Waals surface area contributed by atoms with E-state index < -0.39 is 35.3 Å². The molecule has 158 valence electrons. The Balaban J connectivity index is 2.11. The summed E-state index contributed by atoms with van der Waals surface area (Å²) in [6, 6.07) is 16.7. The number of ether oxygens (including phenoxy) is 2. The molecule has 0 aromatic heterocycles. The molecule has 3 atom stereocenters. The van der Waals surface area contributed by atoms with E-state index in [1.54, 1.807) is 32.9 Å². The van der Waals surface area contributed by atoms with E-state index in [4.69, 9.17) is 9.47 Å². The molecule has 5 nitrogen and oxygen atoms in total. The maximum Gasteiger partial charge on any atom is 0.321 e. The van der Waals surface area contributed by atoms with Gasteiger partial charge in [-0.1, -0.05) is 61.5 Å². The lowest BCUT2D eigenvalue weighted by Gasteiger charge is -2.33. The van der Waals surface area contributed by atoms with Crippen molar-refractivity contribution in [1.82, 2.24) is 0 Å². The number of aryl methyl sites for hydroxylation is 1. The number of Topliss-reactive ketones (excluding diaryl/α,β-unsaturated/α-hetero) is 1. The van der Waals surface area contributed by atoms with Crippen LogP contribution in [0.25, 0.3) is 0 Å². The van der Waals surface area contributed by atoms with Crippen molar-refractivity contribution in [1.29, 1.82) is 0 Å². The van der Waals surface area contributed by atoms with E-state index in [-0.39, 0.29) is 12.4 Å². The van der Waals surface area contributed by atoms with Crippen molar-refractivity contribution in [2.45, 2.75) is 45.6 Å². The summed E-state index contributed by atoms with van der Waals surface area (Å²) in [5.41, 5.74) is 1.41. The SMILES string of the molecule is CCOC(=O)[C@@H]1C(=O)OC(C)(C)[C@@H]1[C@@H](C(=O)c1ccc(CC)cc1)c1ccccc1. The summed E-state index contributed by atoms with van der Waals surface area (Å²) in [5.74, 6) is -4.00. The van der Waals surface area contributed by atoms with Crippen LogP contribution in [0.2, 0.25) is 0 Å². The molecule has 0 radical (unpaired) electrons. The van der Waals surface area contributed by atoms with Gasteiger partial charge >= 0.3 is 11.9 Å². The van der Waals surface area contributed by atoms with Crippen LogP contribution >= 0.6 is 0 Å². The quantitative estimate of drug-likeness (QED) is 0.387. The average molecular weight is 408 g/mol. The minimum absolute atomic E-state index is 0.144. The van der Waals surface area contributed by atoms with E-state index in [0.29, 0.717) is 5.56 Å². The second kappa shape index (κ2) is 8.82. The Morgan fingerprint density at radius 1 is 1.03 bits per heavy atom. The largest absolute Gasteiger partial charge is 0.465 e. The summed E-state index contributed by atoms with van der Waals surface area (Å²) in [6.45, 7) is 7.39. The molecule has 1 saturated heterocycles. The number of cyclic esters (lactones) is 1. The first-order valence-corrected chi connectivity index (χ1v) is 10.4. The number of esters is 2. The van der Waals surface area contributed by atoms with Gasteiger partial charge in [-0.3, -0.25) is 14.4 Å². The number of carbonyl (C=O) groups excluding carboxylic acids is 3. The van der Waals surface area contributed by atoms with E-state index in [1.165, 1.54) is 0 Å². The molecule has 0 bridgehead atoms. The van der Waals surface area contributed by atoms with E-state index in [1.807, 2.05) is 42.5 Å². The zero-order valence-corrected chi connectivity index (χ0v) is 17.9. The Kier molecular flexibility index (Phi) is 6.40. The van der Waals surface area contributed by atoms with Crippen molar-refractivity contribution in [2.75, 3.05) is 6.61 Å². The standard InChI is InChI=1S/C25H28O5/c1-5-16-12-14-18(15-13-16)22(26)19(17-10-8-7-9-11-17)21-20(23(27)29-6-2)24(28)30-25(21,3)4/h7-15,19-21H,5-6H2,1-4H3/t19-,20+,21+/m0/s1. The van der Waals surface area contributed by atoms with Gasteiger partial charge in [-0.25, -0.2) is 0 Å². The lowest BCUT2D eigenvalue weighted by molar-refractivity contribution is -0.157. The first-order valence-electron chi connectivity index (χ1n) is 10.4. The first-order chi connectivity index (χ1) is 14.3. The fourth-order valence-electron chi connectivity index (χ4n) is 4.27.